The smallest absolute Gasteiger partial charge is 0 e. The van der Waals surface area contributed by atoms with Gasteiger partial charge >= 0.3 is 0 Å². The molecule has 0 aromatic rings. The van der Waals surface area contributed by atoms with Crippen molar-refractivity contribution in [1.82, 2.24) is 0 Å². The van der Waals surface area contributed by atoms with Gasteiger partial charge in [-0.3, -0.25) is 0 Å². The molecule has 0 amide bonds. The monoisotopic (exact) mass is 309 g/mol. The molecule has 0 unspecified atom stereocenters. The van der Waals surface area contributed by atoms with Crippen LogP contribution < -0.4 is 0 Å². The first kappa shape index (κ1) is 13.3. The molecule has 0 atom stereocenters. The minimum atomic E-state index is 0. The van der Waals surface area contributed by atoms with E-state index in [2.05, 4.69) is 13.8 Å². The van der Waals surface area contributed by atoms with Crippen molar-refractivity contribution in [2.24, 2.45) is 5.41 Å². The van der Waals surface area contributed by atoms with Gasteiger partial charge in [0.15, 0.2) is 0 Å². The molecule has 0 N–H and O–H groups in total. The zero-order chi connectivity index (χ0) is 7.33. The molecule has 1 aliphatic carbocycles. The van der Waals surface area contributed by atoms with Gasteiger partial charge in [-0.2, -0.15) is 19.3 Å². The van der Waals surface area contributed by atoms with Crippen molar-refractivity contribution >= 4 is 0 Å². The molecule has 0 saturated heterocycles. The molecule has 0 aliphatic heterocycles. The van der Waals surface area contributed by atoms with Gasteiger partial charge in [0.05, 0.1) is 0 Å². The van der Waals surface area contributed by atoms with Crippen LogP contribution in [0.25, 0.3) is 0 Å². The fraction of sp³-hybridized carbons (Fsp3) is 0.667. The Kier molecular flexibility index (Phi) is 8.51. The molecule has 1 saturated carbocycles. The van der Waals surface area contributed by atoms with Crippen LogP contribution in [0.5, 0.6) is 0 Å². The quantitative estimate of drug-likeness (QED) is 0.653. The topological polar surface area (TPSA) is 0 Å². The Hall–Kier alpha value is 0.688. The summed E-state index contributed by atoms with van der Waals surface area (Å²) in [4.78, 5) is 0. The number of hydrogen-bond acceptors (Lipinski definition) is 0. The first-order chi connectivity index (χ1) is 4.18. The van der Waals surface area contributed by atoms with Crippen LogP contribution in [0.3, 0.4) is 0 Å². The summed E-state index contributed by atoms with van der Waals surface area (Å²) >= 11 is 0. The maximum absolute atomic E-state index is 3.94. The molecule has 0 aromatic heterocycles. The Morgan fingerprint density at radius 3 is 1.70 bits per heavy atom. The summed E-state index contributed by atoms with van der Waals surface area (Å²) in [6.45, 7) is 11.7. The third kappa shape index (κ3) is 6.80. The molecule has 1 fully saturated rings. The average molecular weight is 309 g/mol. The van der Waals surface area contributed by atoms with Crippen molar-refractivity contribution in [3.63, 3.8) is 0 Å². The molecular weight excluding hydrogens is 292 g/mol. The van der Waals surface area contributed by atoms with E-state index < -0.39 is 0 Å². The second kappa shape index (κ2) is 6.40. The predicted octanol–water partition coefficient (Wildman–Crippen LogP) is 3.05. The van der Waals surface area contributed by atoms with E-state index in [1.165, 1.54) is 12.8 Å². The molecular formula is C9H17W-3. The van der Waals surface area contributed by atoms with Crippen molar-refractivity contribution in [2.45, 2.75) is 33.1 Å². The summed E-state index contributed by atoms with van der Waals surface area (Å²) < 4.78 is 0. The largest absolute Gasteiger partial charge is 0.345 e. The fourth-order valence-electron chi connectivity index (χ4n) is 0.427. The van der Waals surface area contributed by atoms with Crippen LogP contribution >= 0.6 is 0 Å². The standard InChI is InChI=1S/C6H10.C3H7.W/c1-3-6(2)4-5-6;1-3-2;/h1-5H2;3H,1-2H3;/q-2;-1;. The third-order valence-electron chi connectivity index (χ3n) is 1.49. The van der Waals surface area contributed by atoms with Gasteiger partial charge in [0.25, 0.3) is 0 Å². The molecule has 0 aromatic carbocycles. The molecule has 1 aliphatic rings. The molecule has 10 heavy (non-hydrogen) atoms. The first-order valence-electron chi connectivity index (χ1n) is 3.57. The van der Waals surface area contributed by atoms with Gasteiger partial charge in [-0.1, -0.05) is 12.8 Å². The van der Waals surface area contributed by atoms with Gasteiger partial charge < -0.3 is 20.3 Å². The van der Waals surface area contributed by atoms with E-state index in [9.17, 15) is 0 Å². The predicted molar refractivity (Wildman–Crippen MR) is 42.6 cm³/mol. The number of hydrogen-bond donors (Lipinski definition) is 0. The van der Waals surface area contributed by atoms with Crippen LogP contribution in [0.4, 0.5) is 0 Å². The molecule has 0 spiro atoms. The average Bonchev–Trinajstić information content (AvgIpc) is 2.52. The van der Waals surface area contributed by atoms with E-state index in [4.69, 9.17) is 0 Å². The summed E-state index contributed by atoms with van der Waals surface area (Å²) in [7, 11) is 0. The second-order valence-corrected chi connectivity index (χ2v) is 2.83. The van der Waals surface area contributed by atoms with Gasteiger partial charge in [-0.15, -0.1) is 0 Å². The van der Waals surface area contributed by atoms with Crippen molar-refractivity contribution in [1.29, 1.82) is 0 Å². The Morgan fingerprint density at radius 1 is 1.40 bits per heavy atom. The zero-order valence-corrected chi connectivity index (χ0v) is 9.95. The summed E-state index contributed by atoms with van der Waals surface area (Å²) in [5.41, 5.74) is 0.431. The minimum absolute atomic E-state index is 0. The Bertz CT molecular complexity index is 65.1. The summed E-state index contributed by atoms with van der Waals surface area (Å²) in [5.74, 6) is 0. The maximum atomic E-state index is 3.94. The van der Waals surface area contributed by atoms with Crippen LogP contribution in [0, 0.1) is 25.7 Å². The van der Waals surface area contributed by atoms with Gasteiger partial charge in [-0.05, 0) is 0 Å². The van der Waals surface area contributed by atoms with Crippen LogP contribution in [-0.2, 0) is 21.1 Å². The first-order valence-corrected chi connectivity index (χ1v) is 3.57. The molecule has 1 rings (SSSR count). The molecule has 62 valence electrons. The maximum Gasteiger partial charge on any atom is 0 e. The molecule has 1 heteroatoms. The molecule has 0 radical (unpaired) electrons. The van der Waals surface area contributed by atoms with Crippen molar-refractivity contribution in [3.8, 4) is 0 Å². The molecule has 0 nitrogen and oxygen atoms in total. The zero-order valence-electron chi connectivity index (χ0n) is 7.02. The van der Waals surface area contributed by atoms with Crippen LogP contribution in [-0.4, -0.2) is 0 Å². The van der Waals surface area contributed by atoms with Crippen LogP contribution in [0.2, 0.25) is 0 Å². The Morgan fingerprint density at radius 2 is 1.70 bits per heavy atom. The summed E-state index contributed by atoms with van der Waals surface area (Å²) in [6.07, 6.45) is 5.62. The van der Waals surface area contributed by atoms with Gasteiger partial charge in [-0.25, -0.2) is 6.42 Å². The van der Waals surface area contributed by atoms with Crippen LogP contribution in [0.1, 0.15) is 33.1 Å². The van der Waals surface area contributed by atoms with E-state index in [1.54, 1.807) is 0 Å². The Labute approximate surface area is 80.0 Å². The van der Waals surface area contributed by atoms with E-state index in [0.717, 1.165) is 6.42 Å². The van der Waals surface area contributed by atoms with Crippen molar-refractivity contribution in [2.75, 3.05) is 0 Å². The van der Waals surface area contributed by atoms with Crippen molar-refractivity contribution < 1.29 is 21.1 Å². The third-order valence-corrected chi connectivity index (χ3v) is 1.49. The molecule has 0 heterocycles. The SMILES string of the molecule is C[CH-]C.[CH2-]CC1([CH2-])CC1.[W]. The molecule has 0 bridgehead atoms. The number of rotatable bonds is 1. The van der Waals surface area contributed by atoms with E-state index in [-0.39, 0.29) is 21.1 Å². The minimum Gasteiger partial charge on any atom is -0.345 e. The Balaban J connectivity index is 0. The van der Waals surface area contributed by atoms with Gasteiger partial charge in [0.1, 0.15) is 0 Å². The van der Waals surface area contributed by atoms with E-state index in [0.29, 0.717) is 5.41 Å². The normalized spacial score (nSPS) is 18.0. The van der Waals surface area contributed by atoms with E-state index >= 15 is 0 Å². The summed E-state index contributed by atoms with van der Waals surface area (Å²) in [5, 5.41) is 0. The second-order valence-electron chi connectivity index (χ2n) is 2.83. The van der Waals surface area contributed by atoms with E-state index in [1.807, 2.05) is 20.3 Å². The van der Waals surface area contributed by atoms with Crippen LogP contribution in [0.15, 0.2) is 0 Å². The van der Waals surface area contributed by atoms with Gasteiger partial charge in [0, 0.05) is 21.1 Å². The van der Waals surface area contributed by atoms with Crippen molar-refractivity contribution in [3.05, 3.63) is 20.3 Å². The van der Waals surface area contributed by atoms with Gasteiger partial charge in [0.2, 0.25) is 0 Å². The summed E-state index contributed by atoms with van der Waals surface area (Å²) in [6, 6.07) is 0. The fourth-order valence-corrected chi connectivity index (χ4v) is 0.427.